The zero-order chi connectivity index (χ0) is 16.3. The van der Waals surface area contributed by atoms with E-state index in [0.29, 0.717) is 5.69 Å². The van der Waals surface area contributed by atoms with Gasteiger partial charge in [-0.25, -0.2) is 13.2 Å². The number of carboxylic acids is 1. The molecular formula is C16H17NO4S. The Bertz CT molecular complexity index is 799. The van der Waals surface area contributed by atoms with Crippen LogP contribution in [0.4, 0.5) is 5.69 Å². The summed E-state index contributed by atoms with van der Waals surface area (Å²) in [6, 6.07) is 12.5. The summed E-state index contributed by atoms with van der Waals surface area (Å²) in [6.07, 6.45) is 0. The summed E-state index contributed by atoms with van der Waals surface area (Å²) in [5.74, 6) is -1.16. The summed E-state index contributed by atoms with van der Waals surface area (Å²) >= 11 is 0. The van der Waals surface area contributed by atoms with Crippen molar-refractivity contribution in [3.05, 3.63) is 59.7 Å². The molecule has 116 valence electrons. The number of nitrogens with zero attached hydrogens (tertiary/aromatic N) is 1. The number of aryl methyl sites for hydroxylation is 1. The zero-order valence-corrected chi connectivity index (χ0v) is 13.2. The summed E-state index contributed by atoms with van der Waals surface area (Å²) < 4.78 is 26.8. The average molecular weight is 319 g/mol. The van der Waals surface area contributed by atoms with Gasteiger partial charge >= 0.3 is 5.97 Å². The lowest BCUT2D eigenvalue weighted by atomic mass is 10.2. The van der Waals surface area contributed by atoms with Gasteiger partial charge in [0.1, 0.15) is 0 Å². The van der Waals surface area contributed by atoms with Crippen LogP contribution in [0.5, 0.6) is 0 Å². The number of hydrogen-bond acceptors (Lipinski definition) is 3. The topological polar surface area (TPSA) is 74.7 Å². The van der Waals surface area contributed by atoms with Gasteiger partial charge in [0.15, 0.2) is 0 Å². The third-order valence-corrected chi connectivity index (χ3v) is 5.14. The van der Waals surface area contributed by atoms with Crippen molar-refractivity contribution in [2.75, 3.05) is 10.8 Å². The lowest BCUT2D eigenvalue weighted by Crippen LogP contribution is -2.30. The first-order chi connectivity index (χ1) is 10.4. The van der Waals surface area contributed by atoms with E-state index in [1.165, 1.54) is 28.6 Å². The molecule has 0 saturated heterocycles. The van der Waals surface area contributed by atoms with E-state index in [0.717, 1.165) is 5.56 Å². The van der Waals surface area contributed by atoms with Crippen LogP contribution in [0.15, 0.2) is 53.4 Å². The van der Waals surface area contributed by atoms with Crippen LogP contribution in [0.3, 0.4) is 0 Å². The fourth-order valence-electron chi connectivity index (χ4n) is 2.19. The third-order valence-electron chi connectivity index (χ3n) is 3.25. The van der Waals surface area contributed by atoms with E-state index in [9.17, 15) is 13.2 Å². The number of carbonyl (C=O) groups is 1. The van der Waals surface area contributed by atoms with E-state index in [2.05, 4.69) is 0 Å². The maximum atomic E-state index is 12.8. The minimum absolute atomic E-state index is 0.0317. The Balaban J connectivity index is 2.52. The maximum Gasteiger partial charge on any atom is 0.335 e. The highest BCUT2D eigenvalue weighted by Crippen LogP contribution is 2.24. The fourth-order valence-corrected chi connectivity index (χ4v) is 3.70. The summed E-state index contributed by atoms with van der Waals surface area (Å²) in [5, 5.41) is 9.02. The van der Waals surface area contributed by atoms with Crippen molar-refractivity contribution in [1.82, 2.24) is 0 Å². The molecule has 2 aromatic rings. The number of aromatic carboxylic acids is 1. The van der Waals surface area contributed by atoms with E-state index in [-0.39, 0.29) is 17.0 Å². The van der Waals surface area contributed by atoms with Gasteiger partial charge in [0.2, 0.25) is 0 Å². The number of rotatable bonds is 5. The van der Waals surface area contributed by atoms with Crippen LogP contribution in [0.1, 0.15) is 22.8 Å². The number of anilines is 1. The number of sulfonamides is 1. The maximum absolute atomic E-state index is 12.8. The van der Waals surface area contributed by atoms with E-state index >= 15 is 0 Å². The smallest absolute Gasteiger partial charge is 0.335 e. The Hall–Kier alpha value is -2.34. The first-order valence-electron chi connectivity index (χ1n) is 6.79. The highest BCUT2D eigenvalue weighted by molar-refractivity contribution is 7.92. The van der Waals surface area contributed by atoms with Crippen molar-refractivity contribution in [3.63, 3.8) is 0 Å². The largest absolute Gasteiger partial charge is 0.478 e. The molecule has 0 aliphatic heterocycles. The second-order valence-electron chi connectivity index (χ2n) is 4.84. The van der Waals surface area contributed by atoms with E-state index in [1.54, 1.807) is 25.1 Å². The van der Waals surface area contributed by atoms with Crippen molar-refractivity contribution in [3.8, 4) is 0 Å². The van der Waals surface area contributed by atoms with Crippen LogP contribution < -0.4 is 4.31 Å². The van der Waals surface area contributed by atoms with Crippen molar-refractivity contribution >= 4 is 21.7 Å². The molecule has 0 unspecified atom stereocenters. The van der Waals surface area contributed by atoms with Crippen LogP contribution >= 0.6 is 0 Å². The molecule has 0 fully saturated rings. The predicted octanol–water partition coefficient (Wildman–Crippen LogP) is 2.91. The molecule has 0 amide bonds. The normalized spacial score (nSPS) is 11.2. The van der Waals surface area contributed by atoms with Gasteiger partial charge in [0.25, 0.3) is 10.0 Å². The standard InChI is InChI=1S/C16H17NO4S/c1-3-17(14-8-4-6-12(2)10-14)22(20,21)15-9-5-7-13(11-15)16(18)19/h4-11H,3H2,1-2H3,(H,18,19). The van der Waals surface area contributed by atoms with Crippen molar-refractivity contribution < 1.29 is 18.3 Å². The molecule has 0 radical (unpaired) electrons. The summed E-state index contributed by atoms with van der Waals surface area (Å²) in [7, 11) is -3.81. The Kier molecular flexibility index (Phi) is 4.51. The third kappa shape index (κ3) is 3.12. The molecule has 0 spiro atoms. The molecule has 22 heavy (non-hydrogen) atoms. The van der Waals surface area contributed by atoms with E-state index in [1.807, 2.05) is 13.0 Å². The Morgan fingerprint density at radius 3 is 2.41 bits per heavy atom. The van der Waals surface area contributed by atoms with Gasteiger partial charge in [-0.3, -0.25) is 4.31 Å². The first-order valence-corrected chi connectivity index (χ1v) is 8.23. The van der Waals surface area contributed by atoms with Gasteiger partial charge in [-0.15, -0.1) is 0 Å². The van der Waals surface area contributed by atoms with Crippen LogP contribution in [0, 0.1) is 6.92 Å². The van der Waals surface area contributed by atoms with Gasteiger partial charge in [0.05, 0.1) is 16.1 Å². The van der Waals surface area contributed by atoms with Crippen LogP contribution in [0.25, 0.3) is 0 Å². The summed E-state index contributed by atoms with van der Waals surface area (Å²) in [5.41, 5.74) is 1.45. The van der Waals surface area contributed by atoms with Crippen molar-refractivity contribution in [2.45, 2.75) is 18.7 Å². The molecule has 6 heteroatoms. The quantitative estimate of drug-likeness (QED) is 0.919. The lowest BCUT2D eigenvalue weighted by molar-refractivity contribution is 0.0696. The predicted molar refractivity (Wildman–Crippen MR) is 84.8 cm³/mol. The second-order valence-corrected chi connectivity index (χ2v) is 6.70. The minimum Gasteiger partial charge on any atom is -0.478 e. The van der Waals surface area contributed by atoms with Gasteiger partial charge in [0, 0.05) is 6.54 Å². The first kappa shape index (κ1) is 16.0. The molecule has 5 nitrogen and oxygen atoms in total. The Labute approximate surface area is 129 Å². The molecule has 1 N–H and O–H groups in total. The molecular weight excluding hydrogens is 302 g/mol. The van der Waals surface area contributed by atoms with Gasteiger partial charge in [-0.1, -0.05) is 18.2 Å². The highest BCUT2D eigenvalue weighted by Gasteiger charge is 2.24. The Morgan fingerprint density at radius 1 is 1.14 bits per heavy atom. The molecule has 0 aliphatic carbocycles. The van der Waals surface area contributed by atoms with Crippen LogP contribution in [0.2, 0.25) is 0 Å². The molecule has 2 aromatic carbocycles. The van der Waals surface area contributed by atoms with Crippen molar-refractivity contribution in [2.24, 2.45) is 0 Å². The highest BCUT2D eigenvalue weighted by atomic mass is 32.2. The van der Waals surface area contributed by atoms with E-state index in [4.69, 9.17) is 5.11 Å². The molecule has 0 bridgehead atoms. The fraction of sp³-hybridized carbons (Fsp3) is 0.188. The minimum atomic E-state index is -3.81. The molecule has 2 rings (SSSR count). The number of benzene rings is 2. The Morgan fingerprint density at radius 2 is 1.82 bits per heavy atom. The van der Waals surface area contributed by atoms with Gasteiger partial charge in [-0.05, 0) is 49.7 Å². The van der Waals surface area contributed by atoms with Gasteiger partial charge in [-0.2, -0.15) is 0 Å². The molecule has 0 atom stereocenters. The molecule has 0 saturated carbocycles. The summed E-state index contributed by atoms with van der Waals surface area (Å²) in [4.78, 5) is 11.0. The summed E-state index contributed by atoms with van der Waals surface area (Å²) in [6.45, 7) is 3.87. The van der Waals surface area contributed by atoms with Crippen LogP contribution in [-0.2, 0) is 10.0 Å². The monoisotopic (exact) mass is 319 g/mol. The average Bonchev–Trinajstić information content (AvgIpc) is 2.48. The van der Waals surface area contributed by atoms with E-state index < -0.39 is 16.0 Å². The van der Waals surface area contributed by atoms with Crippen LogP contribution in [-0.4, -0.2) is 26.0 Å². The van der Waals surface area contributed by atoms with Crippen molar-refractivity contribution in [1.29, 1.82) is 0 Å². The molecule has 0 aromatic heterocycles. The lowest BCUT2D eigenvalue weighted by Gasteiger charge is -2.23. The van der Waals surface area contributed by atoms with Gasteiger partial charge < -0.3 is 5.11 Å². The SMILES string of the molecule is CCN(c1cccc(C)c1)S(=O)(=O)c1cccc(C(=O)O)c1. The molecule has 0 aliphatic rings. The number of hydrogen-bond donors (Lipinski definition) is 1. The second kappa shape index (κ2) is 6.19. The number of carboxylic acid groups (broad SMARTS) is 1. The zero-order valence-electron chi connectivity index (χ0n) is 12.4. The molecule has 0 heterocycles.